The highest BCUT2D eigenvalue weighted by atomic mass is 16.3. The van der Waals surface area contributed by atoms with Crippen molar-refractivity contribution in [2.24, 2.45) is 4.99 Å². The van der Waals surface area contributed by atoms with E-state index in [1.807, 2.05) is 42.0 Å². The zero-order valence-electron chi connectivity index (χ0n) is 12.4. The number of rotatable bonds is 4. The van der Waals surface area contributed by atoms with Crippen LogP contribution < -0.4 is 0 Å². The summed E-state index contributed by atoms with van der Waals surface area (Å²) in [5.41, 5.74) is 4.71. The number of aromatic hydroxyl groups is 1. The van der Waals surface area contributed by atoms with Crippen molar-refractivity contribution in [2.45, 2.75) is 26.8 Å². The minimum Gasteiger partial charge on any atom is -0.507 e. The molecule has 0 bridgehead atoms. The van der Waals surface area contributed by atoms with Gasteiger partial charge in [-0.2, -0.15) is 5.10 Å². The fraction of sp³-hybridized carbons (Fsp3) is 0.294. The van der Waals surface area contributed by atoms with Gasteiger partial charge in [-0.3, -0.25) is 9.67 Å². The summed E-state index contributed by atoms with van der Waals surface area (Å²) >= 11 is 0. The summed E-state index contributed by atoms with van der Waals surface area (Å²) in [6.07, 6.45) is 5.04. The van der Waals surface area contributed by atoms with Gasteiger partial charge in [0.1, 0.15) is 11.4 Å². The van der Waals surface area contributed by atoms with Gasteiger partial charge in [0.15, 0.2) is 0 Å². The van der Waals surface area contributed by atoms with Crippen molar-refractivity contribution in [1.82, 2.24) is 9.78 Å². The zero-order chi connectivity index (χ0) is 14.8. The molecule has 0 saturated heterocycles. The molecule has 4 nitrogen and oxygen atoms in total. The minimum atomic E-state index is 0.285. The summed E-state index contributed by atoms with van der Waals surface area (Å²) < 4.78 is 1.98. The van der Waals surface area contributed by atoms with Gasteiger partial charge in [0.05, 0.1) is 18.0 Å². The van der Waals surface area contributed by atoms with Crippen LogP contribution in [0.3, 0.4) is 0 Å². The summed E-state index contributed by atoms with van der Waals surface area (Å²) in [4.78, 5) is 4.46. The first-order valence-electron chi connectivity index (χ1n) is 7.29. The summed E-state index contributed by atoms with van der Waals surface area (Å²) in [6.45, 7) is 5.71. The molecule has 0 saturated carbocycles. The summed E-state index contributed by atoms with van der Waals surface area (Å²) in [5.74, 6) is 0.285. The number of allylic oxidation sites excluding steroid dienone is 1. The van der Waals surface area contributed by atoms with Gasteiger partial charge in [-0.05, 0) is 31.6 Å². The Morgan fingerprint density at radius 3 is 2.76 bits per heavy atom. The minimum absolute atomic E-state index is 0.285. The first kappa shape index (κ1) is 13.6. The average molecular weight is 281 g/mol. The Bertz CT molecular complexity index is 726. The Morgan fingerprint density at radius 2 is 2.10 bits per heavy atom. The van der Waals surface area contributed by atoms with Gasteiger partial charge in [-0.15, -0.1) is 0 Å². The lowest BCUT2D eigenvalue weighted by Crippen LogP contribution is -2.03. The molecule has 0 unspecified atom stereocenters. The number of aryl methyl sites for hydroxylation is 1. The molecule has 4 heteroatoms. The van der Waals surface area contributed by atoms with E-state index in [2.05, 4.69) is 11.9 Å². The highest BCUT2D eigenvalue weighted by Crippen LogP contribution is 2.33. The number of phenolic OH excluding ortho intramolecular Hbond substituents is 1. The van der Waals surface area contributed by atoms with Crippen molar-refractivity contribution in [3.63, 3.8) is 0 Å². The van der Waals surface area contributed by atoms with E-state index in [4.69, 9.17) is 5.10 Å². The second kappa shape index (κ2) is 5.56. The Balaban J connectivity index is 2.19. The predicted molar refractivity (Wildman–Crippen MR) is 84.9 cm³/mol. The normalized spacial score (nSPS) is 13.7. The standard InChI is InChI=1S/C17H19N3O/c1-3-11-20-17(13-7-4-5-9-15(13)21)12(2)16(19-20)14-8-6-10-18-14/h4-9,21H,3,10-11H2,1-2H3. The van der Waals surface area contributed by atoms with E-state index >= 15 is 0 Å². The Hall–Kier alpha value is -2.36. The van der Waals surface area contributed by atoms with Crippen molar-refractivity contribution < 1.29 is 5.11 Å². The van der Waals surface area contributed by atoms with Gasteiger partial charge in [0.2, 0.25) is 0 Å². The van der Waals surface area contributed by atoms with E-state index in [9.17, 15) is 5.11 Å². The molecule has 0 amide bonds. The van der Waals surface area contributed by atoms with Gasteiger partial charge >= 0.3 is 0 Å². The molecule has 0 radical (unpaired) electrons. The number of benzene rings is 1. The molecule has 21 heavy (non-hydrogen) atoms. The molecule has 2 heterocycles. The summed E-state index contributed by atoms with van der Waals surface area (Å²) in [7, 11) is 0. The van der Waals surface area contributed by atoms with E-state index in [1.54, 1.807) is 6.07 Å². The predicted octanol–water partition coefficient (Wildman–Crippen LogP) is 3.33. The lowest BCUT2D eigenvalue weighted by Gasteiger charge is -2.09. The van der Waals surface area contributed by atoms with Gasteiger partial charge in [-0.1, -0.05) is 25.1 Å². The number of nitrogens with zero attached hydrogens (tertiary/aromatic N) is 3. The topological polar surface area (TPSA) is 50.4 Å². The SMILES string of the molecule is CCCn1nc(C2=NCC=C2)c(C)c1-c1ccccc1O. The van der Waals surface area contributed by atoms with Gasteiger partial charge in [0, 0.05) is 17.7 Å². The lowest BCUT2D eigenvalue weighted by molar-refractivity contribution is 0.476. The van der Waals surface area contributed by atoms with Gasteiger partial charge in [0.25, 0.3) is 0 Å². The third-order valence-electron chi connectivity index (χ3n) is 3.67. The number of hydrogen-bond donors (Lipinski definition) is 1. The number of phenols is 1. The molecule has 0 spiro atoms. The van der Waals surface area contributed by atoms with Gasteiger partial charge in [-0.25, -0.2) is 0 Å². The fourth-order valence-electron chi connectivity index (χ4n) is 2.71. The van der Waals surface area contributed by atoms with Crippen LogP contribution >= 0.6 is 0 Å². The maximum atomic E-state index is 10.2. The van der Waals surface area contributed by atoms with Crippen molar-refractivity contribution in [3.05, 3.63) is 47.7 Å². The van der Waals surface area contributed by atoms with E-state index in [0.717, 1.165) is 47.7 Å². The monoisotopic (exact) mass is 281 g/mol. The molecular weight excluding hydrogens is 262 g/mol. The Morgan fingerprint density at radius 1 is 1.29 bits per heavy atom. The first-order valence-corrected chi connectivity index (χ1v) is 7.29. The Kier molecular flexibility index (Phi) is 3.60. The van der Waals surface area contributed by atoms with Gasteiger partial charge < -0.3 is 5.11 Å². The van der Waals surface area contributed by atoms with Crippen molar-refractivity contribution >= 4 is 5.71 Å². The third kappa shape index (κ3) is 2.37. The molecule has 2 aromatic rings. The smallest absolute Gasteiger partial charge is 0.124 e. The molecule has 0 aliphatic carbocycles. The summed E-state index contributed by atoms with van der Waals surface area (Å²) in [5, 5.41) is 14.9. The van der Waals surface area contributed by atoms with Crippen LogP contribution in [0.15, 0.2) is 41.4 Å². The largest absolute Gasteiger partial charge is 0.507 e. The number of aromatic nitrogens is 2. The molecule has 108 valence electrons. The average Bonchev–Trinajstić information content (AvgIpc) is 3.09. The maximum Gasteiger partial charge on any atom is 0.124 e. The highest BCUT2D eigenvalue weighted by Gasteiger charge is 2.20. The Labute approximate surface area is 124 Å². The van der Waals surface area contributed by atoms with E-state index in [-0.39, 0.29) is 5.75 Å². The number of aliphatic imine (C=N–C) groups is 1. The molecule has 0 atom stereocenters. The molecule has 0 fully saturated rings. The van der Waals surface area contributed by atoms with Crippen LogP contribution in [0.1, 0.15) is 24.6 Å². The van der Waals surface area contributed by atoms with Crippen molar-refractivity contribution in [2.75, 3.05) is 6.54 Å². The maximum absolute atomic E-state index is 10.2. The summed E-state index contributed by atoms with van der Waals surface area (Å²) in [6, 6.07) is 7.41. The van der Waals surface area contributed by atoms with E-state index < -0.39 is 0 Å². The molecule has 1 aliphatic heterocycles. The van der Waals surface area contributed by atoms with Crippen molar-refractivity contribution in [1.29, 1.82) is 0 Å². The molecule has 1 N–H and O–H groups in total. The molecular formula is C17H19N3O. The zero-order valence-corrected chi connectivity index (χ0v) is 12.4. The second-order valence-corrected chi connectivity index (χ2v) is 5.19. The van der Waals surface area contributed by atoms with Crippen molar-refractivity contribution in [3.8, 4) is 17.0 Å². The molecule has 1 aliphatic rings. The van der Waals surface area contributed by atoms with Crippen LogP contribution in [-0.2, 0) is 6.54 Å². The lowest BCUT2D eigenvalue weighted by atomic mass is 10.0. The number of hydrogen-bond acceptors (Lipinski definition) is 3. The molecule has 1 aromatic heterocycles. The van der Waals surface area contributed by atoms with E-state index in [0.29, 0.717) is 0 Å². The molecule has 1 aromatic carbocycles. The second-order valence-electron chi connectivity index (χ2n) is 5.19. The molecule has 3 rings (SSSR count). The van der Waals surface area contributed by atoms with Crippen LogP contribution in [0.25, 0.3) is 11.3 Å². The van der Waals surface area contributed by atoms with Crippen LogP contribution in [0.4, 0.5) is 0 Å². The van der Waals surface area contributed by atoms with Crippen LogP contribution in [0.5, 0.6) is 5.75 Å². The third-order valence-corrected chi connectivity index (χ3v) is 3.67. The fourth-order valence-corrected chi connectivity index (χ4v) is 2.71. The van der Waals surface area contributed by atoms with Crippen LogP contribution in [-0.4, -0.2) is 27.1 Å². The van der Waals surface area contributed by atoms with Crippen LogP contribution in [0, 0.1) is 6.92 Å². The highest BCUT2D eigenvalue weighted by molar-refractivity contribution is 6.10. The van der Waals surface area contributed by atoms with Crippen LogP contribution in [0.2, 0.25) is 0 Å². The quantitative estimate of drug-likeness (QED) is 0.934. The number of para-hydroxylation sites is 1. The first-order chi connectivity index (χ1) is 10.2. The van der Waals surface area contributed by atoms with E-state index in [1.165, 1.54) is 0 Å².